The Kier molecular flexibility index (Phi) is 6.23. The summed E-state index contributed by atoms with van der Waals surface area (Å²) >= 11 is 6.02. The fourth-order valence-corrected chi connectivity index (χ4v) is 3.42. The summed E-state index contributed by atoms with van der Waals surface area (Å²) in [5.41, 5.74) is 1.82. The molecule has 0 saturated heterocycles. The van der Waals surface area contributed by atoms with Crippen LogP contribution in [0, 0.1) is 6.92 Å². The molecule has 5 aromatic rings. The number of pyridine rings is 1. The maximum atomic E-state index is 13.4. The Labute approximate surface area is 205 Å². The average Bonchev–Trinajstić information content (AvgIpc) is 3.30. The lowest BCUT2D eigenvalue weighted by Crippen LogP contribution is -2.27. The van der Waals surface area contributed by atoms with E-state index in [1.807, 2.05) is 36.4 Å². The first kappa shape index (κ1) is 22.3. The summed E-state index contributed by atoms with van der Waals surface area (Å²) in [5.74, 6) is 1.49. The van der Waals surface area contributed by atoms with E-state index in [4.69, 9.17) is 20.8 Å². The molecular weight excluding hydrogens is 468 g/mol. The number of halogens is 1. The Morgan fingerprint density at radius 2 is 1.83 bits per heavy atom. The zero-order valence-corrected chi connectivity index (χ0v) is 19.3. The average molecular weight is 487 g/mol. The molecule has 0 spiro atoms. The van der Waals surface area contributed by atoms with E-state index in [9.17, 15) is 4.79 Å². The quantitative estimate of drug-likeness (QED) is 0.333. The van der Waals surface area contributed by atoms with Gasteiger partial charge in [0.15, 0.2) is 0 Å². The third-order valence-electron chi connectivity index (χ3n) is 4.99. The topological polar surface area (TPSA) is 108 Å². The van der Waals surface area contributed by atoms with Gasteiger partial charge in [-0.25, -0.2) is 9.97 Å². The molecule has 0 aliphatic carbocycles. The Hall–Kier alpha value is -4.50. The van der Waals surface area contributed by atoms with E-state index in [0.29, 0.717) is 28.0 Å². The highest BCUT2D eigenvalue weighted by molar-refractivity contribution is 6.30. The van der Waals surface area contributed by atoms with Crippen molar-refractivity contribution in [1.29, 1.82) is 0 Å². The first-order chi connectivity index (χ1) is 17.0. The van der Waals surface area contributed by atoms with Gasteiger partial charge in [0.1, 0.15) is 12.0 Å². The standard InChI is InChI=1S/C25H19ClN6O3/c1-16-15-34-23(28-16)22-24(33)32(14-17-5-7-18(26)8-6-17)25(31-30-22)29-19-9-11-20(12-10-19)35-21-4-2-3-13-27-21/h2-13,15H,14H2,1H3,(H,29,31). The van der Waals surface area contributed by atoms with Crippen molar-refractivity contribution >= 4 is 23.2 Å². The number of oxazole rings is 1. The van der Waals surface area contributed by atoms with Gasteiger partial charge in [-0.05, 0) is 55.0 Å². The van der Waals surface area contributed by atoms with Crippen molar-refractivity contribution < 1.29 is 9.15 Å². The van der Waals surface area contributed by atoms with Gasteiger partial charge in [0.2, 0.25) is 17.5 Å². The third kappa shape index (κ3) is 5.20. The number of aromatic nitrogens is 5. The third-order valence-corrected chi connectivity index (χ3v) is 5.25. The van der Waals surface area contributed by atoms with Gasteiger partial charge in [-0.3, -0.25) is 9.36 Å². The smallest absolute Gasteiger partial charge is 0.287 e. The molecule has 9 nitrogen and oxygen atoms in total. The van der Waals surface area contributed by atoms with E-state index in [0.717, 1.165) is 5.56 Å². The Bertz CT molecular complexity index is 1500. The van der Waals surface area contributed by atoms with Gasteiger partial charge in [-0.15, -0.1) is 10.2 Å². The lowest BCUT2D eigenvalue weighted by molar-refractivity contribution is 0.463. The summed E-state index contributed by atoms with van der Waals surface area (Å²) in [4.78, 5) is 21.8. The molecule has 10 heteroatoms. The lowest BCUT2D eigenvalue weighted by atomic mass is 10.2. The van der Waals surface area contributed by atoms with Crippen molar-refractivity contribution in [3.63, 3.8) is 0 Å². The molecule has 0 aliphatic heterocycles. The van der Waals surface area contributed by atoms with Crippen molar-refractivity contribution in [2.45, 2.75) is 13.5 Å². The normalized spacial score (nSPS) is 10.8. The molecule has 3 heterocycles. The Morgan fingerprint density at radius 1 is 1.03 bits per heavy atom. The van der Waals surface area contributed by atoms with Crippen LogP contribution in [0.2, 0.25) is 5.02 Å². The summed E-state index contributed by atoms with van der Waals surface area (Å²) in [5, 5.41) is 12.1. The molecule has 5 rings (SSSR count). The minimum Gasteiger partial charge on any atom is -0.443 e. The van der Waals surface area contributed by atoms with Gasteiger partial charge in [-0.2, -0.15) is 0 Å². The van der Waals surface area contributed by atoms with Crippen LogP contribution < -0.4 is 15.6 Å². The zero-order chi connectivity index (χ0) is 24.2. The number of hydrogen-bond donors (Lipinski definition) is 1. The fraction of sp³-hybridized carbons (Fsp3) is 0.0800. The number of nitrogens with zero attached hydrogens (tertiary/aromatic N) is 5. The van der Waals surface area contributed by atoms with Gasteiger partial charge in [0.05, 0.1) is 12.2 Å². The Balaban J connectivity index is 1.46. The molecule has 1 N–H and O–H groups in total. The fourth-order valence-electron chi connectivity index (χ4n) is 3.29. The monoisotopic (exact) mass is 486 g/mol. The minimum absolute atomic E-state index is 0.0247. The SMILES string of the molecule is Cc1coc(-c2nnc(Nc3ccc(Oc4ccccn4)cc3)n(Cc3ccc(Cl)cc3)c2=O)n1. The second-order valence-corrected chi connectivity index (χ2v) is 8.04. The predicted octanol–water partition coefficient (Wildman–Crippen LogP) is 5.23. The molecule has 0 radical (unpaired) electrons. The Morgan fingerprint density at radius 3 is 2.51 bits per heavy atom. The van der Waals surface area contributed by atoms with E-state index in [2.05, 4.69) is 25.5 Å². The van der Waals surface area contributed by atoms with E-state index in [1.165, 1.54) is 10.8 Å². The van der Waals surface area contributed by atoms with Gasteiger partial charge >= 0.3 is 0 Å². The molecule has 0 atom stereocenters. The highest BCUT2D eigenvalue weighted by Crippen LogP contribution is 2.23. The van der Waals surface area contributed by atoms with Crippen LogP contribution in [0.25, 0.3) is 11.6 Å². The summed E-state index contributed by atoms with van der Waals surface area (Å²) in [6.45, 7) is 2.01. The van der Waals surface area contributed by atoms with E-state index in [-0.39, 0.29) is 24.1 Å². The highest BCUT2D eigenvalue weighted by atomic mass is 35.5. The largest absolute Gasteiger partial charge is 0.443 e. The number of aryl methyl sites for hydroxylation is 1. The first-order valence-electron chi connectivity index (χ1n) is 10.7. The van der Waals surface area contributed by atoms with Gasteiger partial charge in [0.25, 0.3) is 11.4 Å². The second-order valence-electron chi connectivity index (χ2n) is 7.60. The van der Waals surface area contributed by atoms with E-state index < -0.39 is 5.56 Å². The van der Waals surface area contributed by atoms with E-state index in [1.54, 1.807) is 43.5 Å². The van der Waals surface area contributed by atoms with Crippen LogP contribution >= 0.6 is 11.6 Å². The van der Waals surface area contributed by atoms with Crippen molar-refractivity contribution in [3.05, 3.63) is 106 Å². The van der Waals surface area contributed by atoms with Crippen molar-refractivity contribution in [3.8, 4) is 23.2 Å². The molecule has 174 valence electrons. The molecule has 0 aliphatic rings. The van der Waals surface area contributed by atoms with Crippen LogP contribution in [0.4, 0.5) is 11.6 Å². The summed E-state index contributed by atoms with van der Waals surface area (Å²) < 4.78 is 12.6. The van der Waals surface area contributed by atoms with Crippen molar-refractivity contribution in [2.24, 2.45) is 0 Å². The maximum Gasteiger partial charge on any atom is 0.287 e. The van der Waals surface area contributed by atoms with Crippen LogP contribution in [-0.2, 0) is 6.54 Å². The number of hydrogen-bond acceptors (Lipinski definition) is 8. The van der Waals surface area contributed by atoms with Crippen LogP contribution in [0.3, 0.4) is 0 Å². The van der Waals surface area contributed by atoms with E-state index >= 15 is 0 Å². The van der Waals surface area contributed by atoms with Gasteiger partial charge < -0.3 is 14.5 Å². The molecule has 3 aromatic heterocycles. The molecule has 0 saturated carbocycles. The molecule has 0 fully saturated rings. The predicted molar refractivity (Wildman–Crippen MR) is 131 cm³/mol. The van der Waals surface area contributed by atoms with Gasteiger partial charge in [0, 0.05) is 23.0 Å². The molecule has 0 bridgehead atoms. The molecule has 35 heavy (non-hydrogen) atoms. The summed E-state index contributed by atoms with van der Waals surface area (Å²) in [7, 11) is 0. The number of benzene rings is 2. The number of anilines is 2. The minimum atomic E-state index is -0.394. The van der Waals surface area contributed by atoms with Crippen LogP contribution in [0.15, 0.2) is 88.4 Å². The molecular formula is C25H19ClN6O3. The second kappa shape index (κ2) is 9.78. The van der Waals surface area contributed by atoms with Crippen LogP contribution in [0.1, 0.15) is 11.3 Å². The van der Waals surface area contributed by atoms with Gasteiger partial charge in [-0.1, -0.05) is 29.8 Å². The summed E-state index contributed by atoms with van der Waals surface area (Å²) in [6.07, 6.45) is 3.12. The number of ether oxygens (including phenoxy) is 1. The maximum absolute atomic E-state index is 13.4. The molecule has 0 amide bonds. The first-order valence-corrected chi connectivity index (χ1v) is 11.0. The number of rotatable bonds is 7. The van der Waals surface area contributed by atoms with Crippen molar-refractivity contribution in [1.82, 2.24) is 24.7 Å². The number of nitrogens with one attached hydrogen (secondary N) is 1. The van der Waals surface area contributed by atoms with Crippen LogP contribution in [-0.4, -0.2) is 24.7 Å². The van der Waals surface area contributed by atoms with Crippen molar-refractivity contribution in [2.75, 3.05) is 5.32 Å². The molecule has 0 unspecified atom stereocenters. The molecule has 2 aromatic carbocycles. The van der Waals surface area contributed by atoms with Crippen LogP contribution in [0.5, 0.6) is 11.6 Å². The highest BCUT2D eigenvalue weighted by Gasteiger charge is 2.18. The lowest BCUT2D eigenvalue weighted by Gasteiger charge is -2.14. The zero-order valence-electron chi connectivity index (χ0n) is 18.6. The summed E-state index contributed by atoms with van der Waals surface area (Å²) in [6, 6.07) is 19.9.